The minimum absolute atomic E-state index is 0.0519. The number of ether oxygens (including phenoxy) is 2. The van der Waals surface area contributed by atoms with Gasteiger partial charge in [0.05, 0.1) is 29.3 Å². The number of hydrogen-bond acceptors (Lipinski definition) is 14. The number of nitrogens with one attached hydrogen (secondary N) is 4. The van der Waals surface area contributed by atoms with E-state index in [-0.39, 0.29) is 50.7 Å². The van der Waals surface area contributed by atoms with Gasteiger partial charge < -0.3 is 20.2 Å². The predicted octanol–water partition coefficient (Wildman–Crippen LogP) is 3.80. The first kappa shape index (κ1) is 46.0. The van der Waals surface area contributed by atoms with E-state index in [4.69, 9.17) is 50.7 Å². The average molecular weight is 897 g/mol. The van der Waals surface area contributed by atoms with Crippen molar-refractivity contribution < 1.29 is 35.9 Å². The van der Waals surface area contributed by atoms with Crippen LogP contribution in [-0.2, 0) is 52.0 Å². The predicted molar refractivity (Wildman–Crippen MR) is 224 cm³/mol. The van der Waals surface area contributed by atoms with Crippen LogP contribution >= 0.6 is 35.4 Å². The number of benzene rings is 2. The van der Waals surface area contributed by atoms with Crippen molar-refractivity contribution in [3.63, 3.8) is 0 Å². The van der Waals surface area contributed by atoms with Gasteiger partial charge in [-0.15, -0.1) is 0 Å². The molecule has 0 fully saturated rings. The second-order valence-corrected chi connectivity index (χ2v) is 17.6. The number of pyridine rings is 2. The molecule has 0 saturated carbocycles. The molecule has 0 aliphatic heterocycles. The van der Waals surface area contributed by atoms with Crippen molar-refractivity contribution >= 4 is 84.2 Å². The van der Waals surface area contributed by atoms with E-state index in [0.717, 1.165) is 45.0 Å². The Hall–Kier alpha value is -4.67. The lowest BCUT2D eigenvalue weighted by molar-refractivity contribution is -0.144. The summed E-state index contributed by atoms with van der Waals surface area (Å²) >= 11 is 17.7. The monoisotopic (exact) mass is 895 g/mol. The summed E-state index contributed by atoms with van der Waals surface area (Å²) in [5.41, 5.74) is 12.8. The molecule has 58 heavy (non-hydrogen) atoms. The molecule has 22 heteroatoms. The maximum atomic E-state index is 12.8. The quantitative estimate of drug-likeness (QED) is 0.0525. The lowest BCUT2D eigenvalue weighted by Crippen LogP contribution is -2.41. The number of hydrazine groups is 2. The number of carbonyl (C=O) groups is 2. The number of halogens is 2. The number of carbonyl (C=O) groups excluding carboxylic acids is 2. The van der Waals surface area contributed by atoms with Gasteiger partial charge >= 0.3 is 11.9 Å². The van der Waals surface area contributed by atoms with Gasteiger partial charge in [-0.3, -0.25) is 20.4 Å². The molecule has 0 amide bonds. The van der Waals surface area contributed by atoms with Crippen molar-refractivity contribution in [3.05, 3.63) is 105 Å². The van der Waals surface area contributed by atoms with E-state index >= 15 is 0 Å². The molecule has 17 nitrogen and oxygen atoms in total. The number of fused-ring (bicyclic) bond motifs is 2. The van der Waals surface area contributed by atoms with Gasteiger partial charge in [-0.1, -0.05) is 71.7 Å². The Balaban J connectivity index is 0.000000314. The molecule has 2 heterocycles. The normalized spacial score (nSPS) is 12.6. The van der Waals surface area contributed by atoms with Crippen LogP contribution in [-0.4, -0.2) is 92.9 Å². The molecule has 1 aliphatic carbocycles. The average Bonchev–Trinajstić information content (AvgIpc) is 3.34. The number of rotatable bonds is 14. The third-order valence-electron chi connectivity index (χ3n) is 8.47. The van der Waals surface area contributed by atoms with Crippen LogP contribution in [0.2, 0.25) is 10.0 Å². The Labute approximate surface area is 352 Å². The highest BCUT2D eigenvalue weighted by Crippen LogP contribution is 2.32. The number of hydrogen-bond donors (Lipinski definition) is 5. The van der Waals surface area contributed by atoms with Gasteiger partial charge in [-0.25, -0.2) is 32.6 Å². The number of nitrogens with zero attached hydrogens (tertiary/aromatic N) is 4. The summed E-state index contributed by atoms with van der Waals surface area (Å²) in [5, 5.41) is 3.80. The molecule has 0 atom stereocenters. The van der Waals surface area contributed by atoms with Crippen LogP contribution in [0.4, 0.5) is 11.6 Å². The molecule has 2 aromatic carbocycles. The number of aryl methyl sites for hydroxylation is 2. The van der Waals surface area contributed by atoms with E-state index in [0.29, 0.717) is 5.11 Å². The maximum Gasteiger partial charge on any atom is 0.321 e. The molecule has 5 rings (SSSR count). The summed E-state index contributed by atoms with van der Waals surface area (Å²) in [6.07, 6.45) is 4.13. The number of sulfonamides is 2. The Morgan fingerprint density at radius 3 is 1.64 bits per heavy atom. The molecule has 1 aliphatic rings. The van der Waals surface area contributed by atoms with Crippen LogP contribution in [0.3, 0.4) is 0 Å². The third kappa shape index (κ3) is 11.7. The van der Waals surface area contributed by atoms with E-state index in [2.05, 4.69) is 55.8 Å². The topological polar surface area (TPSA) is 227 Å². The fourth-order valence-corrected chi connectivity index (χ4v) is 8.50. The second-order valence-electron chi connectivity index (χ2n) is 12.3. The lowest BCUT2D eigenvalue weighted by Gasteiger charge is -2.24. The Morgan fingerprint density at radius 1 is 0.793 bits per heavy atom. The number of anilines is 2. The SMILES string of the molecule is CCOC(=O)CN(C)S(=O)(=O)c1cnc(NN)c(Cl)c1.CCOC(=O)CN(C)S(=O)(=O)c1cnc(NNC(=S)NC2c3ccccc3CCc3ccccc32)c(Cl)c1. The van der Waals surface area contributed by atoms with Gasteiger partial charge in [-0.05, 0) is 73.3 Å². The van der Waals surface area contributed by atoms with Crippen LogP contribution < -0.4 is 27.4 Å². The van der Waals surface area contributed by atoms with Crippen molar-refractivity contribution in [3.8, 4) is 0 Å². The first-order valence-electron chi connectivity index (χ1n) is 17.5. The third-order valence-corrected chi connectivity index (χ3v) is 12.8. The Morgan fingerprint density at radius 2 is 1.22 bits per heavy atom. The van der Waals surface area contributed by atoms with E-state index in [1.54, 1.807) is 13.8 Å². The number of thiocarbonyl (C=S) groups is 1. The first-order valence-corrected chi connectivity index (χ1v) is 21.6. The van der Waals surface area contributed by atoms with Gasteiger partial charge in [0, 0.05) is 26.5 Å². The molecule has 312 valence electrons. The minimum Gasteiger partial charge on any atom is -0.465 e. The molecular formula is C36H43Cl2N9O8S3. The summed E-state index contributed by atoms with van der Waals surface area (Å²) in [6, 6.07) is 18.9. The Bertz CT molecular complexity index is 2290. The van der Waals surface area contributed by atoms with Crippen molar-refractivity contribution in [1.82, 2.24) is 29.3 Å². The first-order chi connectivity index (χ1) is 27.5. The van der Waals surface area contributed by atoms with Crippen LogP contribution in [0.15, 0.2) is 82.8 Å². The van der Waals surface area contributed by atoms with Gasteiger partial charge in [0.2, 0.25) is 20.0 Å². The number of nitrogens with two attached hydrogens (primary N) is 1. The van der Waals surface area contributed by atoms with Gasteiger partial charge in [-0.2, -0.15) is 8.61 Å². The highest BCUT2D eigenvalue weighted by molar-refractivity contribution is 7.89. The molecule has 2 aromatic heterocycles. The number of likely N-dealkylation sites (N-methyl/N-ethyl adjacent to an activating group) is 2. The van der Waals surface area contributed by atoms with Crippen molar-refractivity contribution in [2.24, 2.45) is 5.84 Å². The minimum atomic E-state index is -4.00. The standard InChI is InChI=1S/C26H28ClN5O4S2.C10H15ClN4O4S/c1-3-36-23(33)16-32(2)38(34,35)19-14-22(27)25(28-15-19)30-31-26(37)29-24-20-10-6-4-8-17(20)12-13-18-9-5-7-11-21(18)24;1-3-19-9(16)6-15(2)20(17,18)7-4-8(11)10(14-12)13-5-7/h4-11,14-15,24H,3,12-13,16H2,1-2H3,(H,28,30)(H2,29,31,37);4-5H,3,6,12H2,1-2H3,(H,13,14). The molecule has 0 saturated heterocycles. The summed E-state index contributed by atoms with van der Waals surface area (Å²) in [6.45, 7) is 2.79. The zero-order valence-corrected chi connectivity index (χ0v) is 35.8. The highest BCUT2D eigenvalue weighted by Gasteiger charge is 2.27. The largest absolute Gasteiger partial charge is 0.465 e. The highest BCUT2D eigenvalue weighted by atomic mass is 35.5. The zero-order valence-electron chi connectivity index (χ0n) is 31.9. The molecule has 6 N–H and O–H groups in total. The van der Waals surface area contributed by atoms with Crippen LogP contribution in [0, 0.1) is 0 Å². The maximum absolute atomic E-state index is 12.8. The molecule has 0 spiro atoms. The smallest absolute Gasteiger partial charge is 0.321 e. The molecular weight excluding hydrogens is 854 g/mol. The van der Waals surface area contributed by atoms with Crippen LogP contribution in [0.1, 0.15) is 42.1 Å². The van der Waals surface area contributed by atoms with Gasteiger partial charge in [0.1, 0.15) is 22.9 Å². The van der Waals surface area contributed by atoms with E-state index in [1.807, 2.05) is 24.3 Å². The second kappa shape index (κ2) is 20.8. The van der Waals surface area contributed by atoms with Crippen molar-refractivity contribution in [2.45, 2.75) is 42.5 Å². The molecule has 0 bridgehead atoms. The van der Waals surface area contributed by atoms with E-state index in [9.17, 15) is 26.4 Å². The van der Waals surface area contributed by atoms with Crippen molar-refractivity contribution in [1.29, 1.82) is 0 Å². The number of aromatic nitrogens is 2. The summed E-state index contributed by atoms with van der Waals surface area (Å²) in [7, 11) is -5.35. The summed E-state index contributed by atoms with van der Waals surface area (Å²) < 4.78 is 61.2. The van der Waals surface area contributed by atoms with E-state index in [1.165, 1.54) is 37.4 Å². The Kier molecular flexibility index (Phi) is 16.5. The van der Waals surface area contributed by atoms with Crippen LogP contribution in [0.25, 0.3) is 0 Å². The molecule has 0 radical (unpaired) electrons. The van der Waals surface area contributed by atoms with E-state index < -0.39 is 45.1 Å². The number of esters is 2. The van der Waals surface area contributed by atoms with Crippen molar-refractivity contribution in [2.75, 3.05) is 51.3 Å². The lowest BCUT2D eigenvalue weighted by atomic mass is 9.95. The summed E-state index contributed by atoms with van der Waals surface area (Å²) in [5.74, 6) is 4.19. The summed E-state index contributed by atoms with van der Waals surface area (Å²) in [4.78, 5) is 30.6. The molecule has 0 unspecified atom stereocenters. The zero-order chi connectivity index (χ0) is 42.6. The number of nitrogen functional groups attached to an aromatic ring is 1. The van der Waals surface area contributed by atoms with Gasteiger partial charge in [0.15, 0.2) is 16.7 Å². The molecule has 4 aromatic rings. The fraction of sp³-hybridized carbons (Fsp3) is 0.306. The van der Waals surface area contributed by atoms with Gasteiger partial charge in [0.25, 0.3) is 0 Å². The fourth-order valence-electron chi connectivity index (χ4n) is 5.59. The van der Waals surface area contributed by atoms with Crippen LogP contribution in [0.5, 0.6) is 0 Å².